The molecular weight excluding hydrogens is 324 g/mol. The highest BCUT2D eigenvalue weighted by Crippen LogP contribution is 2.31. The number of thioether (sulfide) groups is 1. The molecule has 1 atom stereocenters. The molecule has 21 heavy (non-hydrogen) atoms. The molecule has 2 heterocycles. The Hall–Kier alpha value is -0.0800. The highest BCUT2D eigenvalue weighted by molar-refractivity contribution is 7.99. The van der Waals surface area contributed by atoms with Crippen molar-refractivity contribution in [3.63, 3.8) is 0 Å². The van der Waals surface area contributed by atoms with Crippen LogP contribution >= 0.6 is 23.1 Å². The normalized spacial score (nSPS) is 19.8. The Labute approximate surface area is 136 Å². The molecule has 7 heteroatoms. The minimum Gasteiger partial charge on any atom is -0.310 e. The maximum Gasteiger partial charge on any atom is 0.252 e. The zero-order valence-electron chi connectivity index (χ0n) is 13.0. The lowest BCUT2D eigenvalue weighted by molar-refractivity contribution is 0.395. The van der Waals surface area contributed by atoms with Crippen molar-refractivity contribution in [2.45, 2.75) is 50.0 Å². The van der Waals surface area contributed by atoms with Crippen molar-refractivity contribution in [2.75, 3.05) is 18.6 Å². The van der Waals surface area contributed by atoms with Crippen molar-refractivity contribution in [3.8, 4) is 0 Å². The van der Waals surface area contributed by atoms with Gasteiger partial charge < -0.3 is 5.32 Å². The molecule has 120 valence electrons. The predicted molar refractivity (Wildman–Crippen MR) is 91.7 cm³/mol. The van der Waals surface area contributed by atoms with E-state index in [9.17, 15) is 8.42 Å². The molecule has 1 N–H and O–H groups in total. The molecular formula is C14H24N2O2S3. The van der Waals surface area contributed by atoms with Crippen LogP contribution in [0.25, 0.3) is 0 Å². The van der Waals surface area contributed by atoms with Gasteiger partial charge in [-0.1, -0.05) is 13.8 Å². The van der Waals surface area contributed by atoms with E-state index in [0.29, 0.717) is 10.3 Å². The predicted octanol–water partition coefficient (Wildman–Crippen LogP) is 2.68. The topological polar surface area (TPSA) is 49.4 Å². The van der Waals surface area contributed by atoms with Gasteiger partial charge in [0.1, 0.15) is 4.21 Å². The molecule has 0 spiro atoms. The van der Waals surface area contributed by atoms with E-state index in [1.165, 1.54) is 11.3 Å². The summed E-state index contributed by atoms with van der Waals surface area (Å²) in [5.41, 5.74) is 1.06. The van der Waals surface area contributed by atoms with E-state index >= 15 is 0 Å². The molecule has 1 fully saturated rings. The molecule has 0 aromatic carbocycles. The van der Waals surface area contributed by atoms with Crippen LogP contribution in [0.15, 0.2) is 10.3 Å². The summed E-state index contributed by atoms with van der Waals surface area (Å²) in [5.74, 6) is 1.96. The summed E-state index contributed by atoms with van der Waals surface area (Å²) in [5, 5.41) is 3.35. The zero-order chi connectivity index (χ0) is 15.6. The third kappa shape index (κ3) is 4.01. The number of sulfonamides is 1. The number of nitrogens with one attached hydrogen (secondary N) is 1. The summed E-state index contributed by atoms with van der Waals surface area (Å²) in [6.07, 6.45) is 0.951. The summed E-state index contributed by atoms with van der Waals surface area (Å²) in [6, 6.07) is 2.35. The van der Waals surface area contributed by atoms with Crippen molar-refractivity contribution in [3.05, 3.63) is 16.5 Å². The van der Waals surface area contributed by atoms with E-state index in [2.05, 4.69) is 19.2 Å². The molecule has 1 saturated heterocycles. The highest BCUT2D eigenvalue weighted by atomic mass is 32.2. The van der Waals surface area contributed by atoms with E-state index < -0.39 is 10.0 Å². The maximum atomic E-state index is 12.7. The first-order valence-corrected chi connectivity index (χ1v) is 10.6. The van der Waals surface area contributed by atoms with Crippen LogP contribution in [0.3, 0.4) is 0 Å². The van der Waals surface area contributed by atoms with Gasteiger partial charge in [0, 0.05) is 36.3 Å². The summed E-state index contributed by atoms with van der Waals surface area (Å²) < 4.78 is 27.5. The number of aryl methyl sites for hydroxylation is 1. The molecule has 1 aliphatic rings. The van der Waals surface area contributed by atoms with Crippen LogP contribution in [0, 0.1) is 6.92 Å². The molecule has 0 saturated carbocycles. The van der Waals surface area contributed by atoms with E-state index in [1.807, 2.05) is 24.8 Å². The Morgan fingerprint density at radius 1 is 1.48 bits per heavy atom. The molecule has 1 aromatic rings. The molecule has 1 aromatic heterocycles. The summed E-state index contributed by atoms with van der Waals surface area (Å²) in [6.45, 7) is 6.89. The first kappa shape index (κ1) is 17.3. The number of nitrogens with zero attached hydrogens (tertiary/aromatic N) is 1. The minimum absolute atomic E-state index is 0.139. The second-order valence-corrected chi connectivity index (χ2v) is 10.3. The van der Waals surface area contributed by atoms with Gasteiger partial charge in [0.15, 0.2) is 0 Å². The first-order valence-electron chi connectivity index (χ1n) is 7.21. The fourth-order valence-electron chi connectivity index (χ4n) is 2.24. The largest absolute Gasteiger partial charge is 0.310 e. The van der Waals surface area contributed by atoms with Gasteiger partial charge >= 0.3 is 0 Å². The van der Waals surface area contributed by atoms with Crippen LogP contribution in [0.1, 0.15) is 30.7 Å². The fraction of sp³-hybridized carbons (Fsp3) is 0.714. The maximum absolute atomic E-state index is 12.7. The second kappa shape index (κ2) is 7.00. The van der Waals surface area contributed by atoms with Gasteiger partial charge in [0.2, 0.25) is 0 Å². The Kier molecular flexibility index (Phi) is 5.76. The van der Waals surface area contributed by atoms with Crippen molar-refractivity contribution >= 4 is 33.1 Å². The van der Waals surface area contributed by atoms with Gasteiger partial charge in [-0.2, -0.15) is 16.1 Å². The molecule has 0 radical (unpaired) electrons. The summed E-state index contributed by atoms with van der Waals surface area (Å²) in [4.78, 5) is 1.11. The van der Waals surface area contributed by atoms with Crippen molar-refractivity contribution in [1.82, 2.24) is 9.62 Å². The smallest absolute Gasteiger partial charge is 0.252 e. The van der Waals surface area contributed by atoms with E-state index in [1.54, 1.807) is 11.4 Å². The SMILES string of the molecule is Cc1cc(S(=O)(=O)N(C)C2CCSC2)sc1CNC(C)C. The second-order valence-electron chi connectivity index (χ2n) is 5.75. The van der Waals surface area contributed by atoms with Gasteiger partial charge in [0.25, 0.3) is 10.0 Å². The van der Waals surface area contributed by atoms with Crippen molar-refractivity contribution in [1.29, 1.82) is 0 Å². The first-order chi connectivity index (χ1) is 9.82. The fourth-order valence-corrected chi connectivity index (χ4v) is 6.71. The number of hydrogen-bond donors (Lipinski definition) is 1. The van der Waals surface area contributed by atoms with Gasteiger partial charge in [-0.3, -0.25) is 0 Å². The quantitative estimate of drug-likeness (QED) is 0.859. The average molecular weight is 349 g/mol. The summed E-state index contributed by atoms with van der Waals surface area (Å²) in [7, 11) is -1.64. The van der Waals surface area contributed by atoms with Gasteiger partial charge in [-0.25, -0.2) is 8.42 Å². The Balaban J connectivity index is 2.18. The number of hydrogen-bond acceptors (Lipinski definition) is 5. The van der Waals surface area contributed by atoms with E-state index in [4.69, 9.17) is 0 Å². The van der Waals surface area contributed by atoms with Crippen molar-refractivity contribution in [2.24, 2.45) is 0 Å². The third-order valence-electron chi connectivity index (χ3n) is 3.72. The molecule has 0 amide bonds. The van der Waals surface area contributed by atoms with Gasteiger partial charge in [0.05, 0.1) is 0 Å². The molecule has 4 nitrogen and oxygen atoms in total. The highest BCUT2D eigenvalue weighted by Gasteiger charge is 2.31. The lowest BCUT2D eigenvalue weighted by Crippen LogP contribution is -2.36. The lowest BCUT2D eigenvalue weighted by Gasteiger charge is -2.22. The van der Waals surface area contributed by atoms with Gasteiger partial charge in [-0.15, -0.1) is 11.3 Å². The van der Waals surface area contributed by atoms with Crippen molar-refractivity contribution < 1.29 is 8.42 Å². The Morgan fingerprint density at radius 2 is 2.19 bits per heavy atom. The van der Waals surface area contributed by atoms with Crippen LogP contribution in [0.4, 0.5) is 0 Å². The monoisotopic (exact) mass is 348 g/mol. The van der Waals surface area contributed by atoms with E-state index in [-0.39, 0.29) is 6.04 Å². The molecule has 0 aliphatic carbocycles. The van der Waals surface area contributed by atoms with Crippen LogP contribution in [0.5, 0.6) is 0 Å². The molecule has 2 rings (SSSR count). The Morgan fingerprint density at radius 3 is 2.76 bits per heavy atom. The van der Waals surface area contributed by atoms with Crippen LogP contribution in [0.2, 0.25) is 0 Å². The minimum atomic E-state index is -3.35. The van der Waals surface area contributed by atoms with Crippen LogP contribution in [-0.2, 0) is 16.6 Å². The molecule has 0 bridgehead atoms. The standard InChI is InChI=1S/C14H24N2O2S3/c1-10(2)15-8-13-11(3)7-14(20-13)21(17,18)16(4)12-5-6-19-9-12/h7,10,12,15H,5-6,8-9H2,1-4H3. The lowest BCUT2D eigenvalue weighted by atomic mass is 10.3. The number of rotatable bonds is 6. The van der Waals surface area contributed by atoms with Crippen LogP contribution in [-0.4, -0.2) is 43.4 Å². The Bertz CT molecular complexity index is 575. The molecule has 1 unspecified atom stereocenters. The van der Waals surface area contributed by atoms with Crippen LogP contribution < -0.4 is 5.32 Å². The average Bonchev–Trinajstić information content (AvgIpc) is 3.05. The van der Waals surface area contributed by atoms with E-state index in [0.717, 1.165) is 34.9 Å². The molecule has 1 aliphatic heterocycles. The zero-order valence-corrected chi connectivity index (χ0v) is 15.5. The third-order valence-corrected chi connectivity index (χ3v) is 8.46. The summed E-state index contributed by atoms with van der Waals surface area (Å²) >= 11 is 3.23. The van der Waals surface area contributed by atoms with Gasteiger partial charge in [-0.05, 0) is 30.7 Å². The number of thiophene rings is 1.